The summed E-state index contributed by atoms with van der Waals surface area (Å²) >= 11 is 9.68. The van der Waals surface area contributed by atoms with Crippen molar-refractivity contribution in [2.75, 3.05) is 20.3 Å². The number of ether oxygens (including phenoxy) is 3. The molecule has 0 radical (unpaired) electrons. The summed E-state index contributed by atoms with van der Waals surface area (Å²) in [5, 5.41) is 10.5. The van der Waals surface area contributed by atoms with E-state index in [0.29, 0.717) is 33.4 Å². The number of amides is 1. The number of nitrogens with zero attached hydrogens (tertiary/aromatic N) is 1. The number of nitrogens with one attached hydrogen (secondary N) is 3. The first-order valence-electron chi connectivity index (χ1n) is 10.8. The number of hydrazone groups is 1. The number of methoxy groups -OCH3 is 1. The normalized spacial score (nSPS) is 15.2. The molecule has 0 spiro atoms. The second-order valence-corrected chi connectivity index (χ2v) is 10.2. The van der Waals surface area contributed by atoms with Crippen molar-refractivity contribution in [2.24, 2.45) is 5.10 Å². The summed E-state index contributed by atoms with van der Waals surface area (Å²) in [5.41, 5.74) is 4.81. The topological polar surface area (TPSA) is 110 Å². The van der Waals surface area contributed by atoms with Crippen LogP contribution >= 0.6 is 57.4 Å². The van der Waals surface area contributed by atoms with Crippen LogP contribution in [0.15, 0.2) is 52.8 Å². The van der Waals surface area contributed by atoms with Gasteiger partial charge in [-0.15, -0.1) is 0 Å². The predicted molar refractivity (Wildman–Crippen MR) is 157 cm³/mol. The number of carbonyl (C=O) groups is 2. The third kappa shape index (κ3) is 7.06. The first kappa shape index (κ1) is 28.1. The lowest BCUT2D eigenvalue weighted by molar-refractivity contribution is -0.139. The van der Waals surface area contributed by atoms with Crippen molar-refractivity contribution in [3.05, 3.63) is 65.9 Å². The Morgan fingerprint density at radius 3 is 2.72 bits per heavy atom. The number of halogens is 2. The van der Waals surface area contributed by atoms with E-state index in [1.807, 2.05) is 18.2 Å². The van der Waals surface area contributed by atoms with Gasteiger partial charge in [-0.25, -0.2) is 10.2 Å². The largest absolute Gasteiger partial charge is 0.495 e. The molecule has 0 fully saturated rings. The van der Waals surface area contributed by atoms with E-state index in [-0.39, 0.29) is 13.2 Å². The van der Waals surface area contributed by atoms with E-state index >= 15 is 0 Å². The SMILES string of the molecule is CCOC(=O)C1=C(C)NC(=S)N[C@H]1c1ccccc1OCC(=O)NN=Cc1cc(I)cc(I)c1OC. The fourth-order valence-electron chi connectivity index (χ4n) is 3.50. The van der Waals surface area contributed by atoms with E-state index < -0.39 is 17.9 Å². The van der Waals surface area contributed by atoms with Crippen LogP contribution in [0.4, 0.5) is 0 Å². The molecular formula is C24H24I2N4O5S. The number of para-hydroxylation sites is 1. The lowest BCUT2D eigenvalue weighted by Gasteiger charge is -2.30. The van der Waals surface area contributed by atoms with Gasteiger partial charge in [0.1, 0.15) is 11.5 Å². The Bertz CT molecular complexity index is 1230. The molecule has 9 nitrogen and oxygen atoms in total. The van der Waals surface area contributed by atoms with E-state index in [1.54, 1.807) is 39.2 Å². The third-order valence-corrected chi connectivity index (χ3v) is 6.63. The van der Waals surface area contributed by atoms with Gasteiger partial charge in [-0.3, -0.25) is 4.79 Å². The average molecular weight is 734 g/mol. The quantitative estimate of drug-likeness (QED) is 0.118. The van der Waals surface area contributed by atoms with E-state index in [0.717, 1.165) is 12.7 Å². The first-order chi connectivity index (χ1) is 17.2. The minimum absolute atomic E-state index is 0.235. The molecule has 1 aliphatic rings. The van der Waals surface area contributed by atoms with E-state index in [4.69, 9.17) is 26.4 Å². The Balaban J connectivity index is 1.73. The van der Waals surface area contributed by atoms with E-state index in [1.165, 1.54) is 6.21 Å². The molecule has 2 aromatic rings. The Labute approximate surface area is 241 Å². The molecule has 0 aliphatic carbocycles. The van der Waals surface area contributed by atoms with Gasteiger partial charge < -0.3 is 24.8 Å². The van der Waals surface area contributed by atoms with Crippen LogP contribution in [0.3, 0.4) is 0 Å². The van der Waals surface area contributed by atoms with Crippen molar-refractivity contribution in [3.63, 3.8) is 0 Å². The highest BCUT2D eigenvalue weighted by atomic mass is 127. The van der Waals surface area contributed by atoms with Crippen molar-refractivity contribution in [1.29, 1.82) is 0 Å². The van der Waals surface area contributed by atoms with Gasteiger partial charge in [0.15, 0.2) is 11.7 Å². The van der Waals surface area contributed by atoms with Gasteiger partial charge >= 0.3 is 5.97 Å². The summed E-state index contributed by atoms with van der Waals surface area (Å²) < 4.78 is 18.4. The summed E-state index contributed by atoms with van der Waals surface area (Å²) in [4.78, 5) is 25.1. The summed E-state index contributed by atoms with van der Waals surface area (Å²) in [7, 11) is 1.58. The molecule has 1 heterocycles. The molecule has 0 unspecified atom stereocenters. The second-order valence-electron chi connectivity index (χ2n) is 7.42. The summed E-state index contributed by atoms with van der Waals surface area (Å²) in [6.07, 6.45) is 1.52. The highest BCUT2D eigenvalue weighted by Gasteiger charge is 2.32. The smallest absolute Gasteiger partial charge is 0.338 e. The van der Waals surface area contributed by atoms with Crippen LogP contribution in [0.2, 0.25) is 0 Å². The van der Waals surface area contributed by atoms with Gasteiger partial charge in [-0.05, 0) is 89.4 Å². The van der Waals surface area contributed by atoms with Gasteiger partial charge in [0.25, 0.3) is 5.91 Å². The molecule has 0 saturated heterocycles. The molecule has 1 aliphatic heterocycles. The molecule has 0 saturated carbocycles. The highest BCUT2D eigenvalue weighted by Crippen LogP contribution is 2.33. The first-order valence-corrected chi connectivity index (χ1v) is 13.3. The van der Waals surface area contributed by atoms with Crippen LogP contribution in [-0.4, -0.2) is 43.5 Å². The van der Waals surface area contributed by atoms with Gasteiger partial charge in [0.05, 0.1) is 35.1 Å². The summed E-state index contributed by atoms with van der Waals surface area (Å²) in [6.45, 7) is 3.44. The molecule has 36 heavy (non-hydrogen) atoms. The molecule has 1 atom stereocenters. The molecule has 1 amide bonds. The molecule has 2 aromatic carbocycles. The van der Waals surface area contributed by atoms with Crippen LogP contribution in [-0.2, 0) is 14.3 Å². The van der Waals surface area contributed by atoms with Gasteiger partial charge in [-0.2, -0.15) is 5.10 Å². The standard InChI is InChI=1S/C24H24I2N4O5S/c1-4-34-23(32)20-13(2)28-24(36)29-21(20)16-7-5-6-8-18(16)35-12-19(31)30-27-11-14-9-15(25)10-17(26)22(14)33-3/h5-11,21H,4,12H2,1-3H3,(H,30,31)(H2,28,29,36)/t21-/m0/s1. The number of hydrogen-bond acceptors (Lipinski definition) is 7. The Morgan fingerprint density at radius 1 is 1.25 bits per heavy atom. The number of hydrogen-bond donors (Lipinski definition) is 3. The van der Waals surface area contributed by atoms with Gasteiger partial charge in [0.2, 0.25) is 0 Å². The summed E-state index contributed by atoms with van der Waals surface area (Å²) in [5.74, 6) is 0.172. The number of thiocarbonyl (C=S) groups is 1. The minimum Gasteiger partial charge on any atom is -0.495 e. The van der Waals surface area contributed by atoms with Crippen molar-refractivity contribution in [2.45, 2.75) is 19.9 Å². The van der Waals surface area contributed by atoms with Crippen molar-refractivity contribution in [1.82, 2.24) is 16.1 Å². The molecular weight excluding hydrogens is 710 g/mol. The maximum absolute atomic E-state index is 12.7. The maximum Gasteiger partial charge on any atom is 0.338 e. The molecule has 12 heteroatoms. The zero-order chi connectivity index (χ0) is 26.2. The van der Waals surface area contributed by atoms with Gasteiger partial charge in [0, 0.05) is 20.4 Å². The lowest BCUT2D eigenvalue weighted by atomic mass is 9.95. The van der Waals surface area contributed by atoms with Crippen molar-refractivity contribution < 1.29 is 23.8 Å². The highest BCUT2D eigenvalue weighted by molar-refractivity contribution is 14.1. The molecule has 0 bridgehead atoms. The fourth-order valence-corrected chi connectivity index (χ4v) is 5.88. The van der Waals surface area contributed by atoms with Crippen molar-refractivity contribution >= 4 is 80.6 Å². The molecule has 190 valence electrons. The number of benzene rings is 2. The van der Waals surface area contributed by atoms with Crippen molar-refractivity contribution in [3.8, 4) is 11.5 Å². The number of rotatable bonds is 9. The molecule has 3 N–H and O–H groups in total. The van der Waals surface area contributed by atoms with Crippen LogP contribution in [0.5, 0.6) is 11.5 Å². The summed E-state index contributed by atoms with van der Waals surface area (Å²) in [6, 6.07) is 10.4. The minimum atomic E-state index is -0.606. The van der Waals surface area contributed by atoms with Crippen LogP contribution in [0.25, 0.3) is 0 Å². The number of esters is 1. The lowest BCUT2D eigenvalue weighted by Crippen LogP contribution is -2.45. The zero-order valence-corrected chi connectivity index (χ0v) is 24.8. The molecule has 3 rings (SSSR count). The van der Waals surface area contributed by atoms with Crippen LogP contribution in [0, 0.1) is 7.14 Å². The van der Waals surface area contributed by atoms with E-state index in [2.05, 4.69) is 66.3 Å². The zero-order valence-electron chi connectivity index (χ0n) is 19.7. The Morgan fingerprint density at radius 2 is 2.00 bits per heavy atom. The molecule has 0 aromatic heterocycles. The third-order valence-electron chi connectivity index (χ3n) is 4.99. The van der Waals surface area contributed by atoms with E-state index in [9.17, 15) is 9.59 Å². The number of allylic oxidation sites excluding steroid dienone is 1. The Hall–Kier alpha value is -2.46. The monoisotopic (exact) mass is 734 g/mol. The fraction of sp³-hybridized carbons (Fsp3) is 0.250. The Kier molecular flexibility index (Phi) is 10.3. The van der Waals surface area contributed by atoms with Crippen LogP contribution in [0.1, 0.15) is 31.0 Å². The second kappa shape index (κ2) is 13.2. The predicted octanol–water partition coefficient (Wildman–Crippen LogP) is 3.79. The average Bonchev–Trinajstić information content (AvgIpc) is 2.82. The maximum atomic E-state index is 12.7. The van der Waals surface area contributed by atoms with Crippen LogP contribution < -0.4 is 25.5 Å². The van der Waals surface area contributed by atoms with Gasteiger partial charge in [-0.1, -0.05) is 18.2 Å². The number of carbonyl (C=O) groups excluding carboxylic acids is 2.